The number of hydrogen-bond acceptors (Lipinski definition) is 1. The quantitative estimate of drug-likeness (QED) is 0.300. The summed E-state index contributed by atoms with van der Waals surface area (Å²) < 4.78 is 28.1. The largest absolute Gasteiger partial charge is 0.310 e. The Balaban J connectivity index is 2.95. The highest BCUT2D eigenvalue weighted by Crippen LogP contribution is 2.33. The lowest BCUT2D eigenvalue weighted by Crippen LogP contribution is -2.41. The first-order valence-electron chi connectivity index (χ1n) is 6.18. The molecule has 0 saturated carbocycles. The molecule has 0 aromatic heterocycles. The molecule has 0 fully saturated rings. The van der Waals surface area contributed by atoms with E-state index in [-0.39, 0.29) is 15.5 Å². The molecule has 19 heavy (non-hydrogen) atoms. The highest BCUT2D eigenvalue weighted by Gasteiger charge is 2.44. The van der Waals surface area contributed by atoms with Crippen LogP contribution in [0.15, 0.2) is 24.3 Å². The Kier molecular flexibility index (Phi) is 5.28. The monoisotopic (exact) mass is 396 g/mol. The fraction of sp³-hybridized carbons (Fsp3) is 0.500. The summed E-state index contributed by atoms with van der Waals surface area (Å²) in [5.41, 5.74) is 0.733. The predicted octanol–water partition coefficient (Wildman–Crippen LogP) is 4.88. The maximum atomic E-state index is 14.1. The van der Waals surface area contributed by atoms with Crippen LogP contribution in [0.2, 0.25) is 19.6 Å². The standard InChI is InChI=1S/C14H19F2IOSi/c1-10-7-5-6-8-11(10)13(18)14(15,16)9-12(17)19(2,3)4/h5-8,12H,9H2,1-4H3. The second-order valence-corrected chi connectivity index (χ2v) is 14.0. The third kappa shape index (κ3) is 4.34. The van der Waals surface area contributed by atoms with Crippen molar-refractivity contribution in [2.24, 2.45) is 0 Å². The van der Waals surface area contributed by atoms with Gasteiger partial charge in [0.05, 0.1) is 8.07 Å². The molecule has 1 unspecified atom stereocenters. The molecule has 0 radical (unpaired) electrons. The normalized spacial score (nSPS) is 14.3. The van der Waals surface area contributed by atoms with E-state index in [9.17, 15) is 13.6 Å². The van der Waals surface area contributed by atoms with E-state index in [2.05, 4.69) is 22.6 Å². The molecule has 0 aliphatic carbocycles. The first-order valence-corrected chi connectivity index (χ1v) is 11.0. The van der Waals surface area contributed by atoms with Crippen molar-refractivity contribution >= 4 is 36.4 Å². The zero-order valence-electron chi connectivity index (χ0n) is 11.6. The third-order valence-electron chi connectivity index (χ3n) is 3.10. The van der Waals surface area contributed by atoms with Crippen molar-refractivity contribution < 1.29 is 13.6 Å². The first-order chi connectivity index (χ1) is 8.55. The molecule has 0 saturated heterocycles. The number of ketones is 1. The van der Waals surface area contributed by atoms with E-state index in [0.717, 1.165) is 0 Å². The SMILES string of the molecule is Cc1ccccc1C(=O)C(F)(F)CC(I)[Si](C)(C)C. The molecule has 0 spiro atoms. The minimum absolute atomic E-state index is 0.131. The van der Waals surface area contributed by atoms with Crippen LogP contribution in [0.25, 0.3) is 0 Å². The van der Waals surface area contributed by atoms with Crippen molar-refractivity contribution in [3.63, 3.8) is 0 Å². The zero-order chi connectivity index (χ0) is 14.8. The summed E-state index contributed by atoms with van der Waals surface area (Å²) in [6, 6.07) is 6.52. The van der Waals surface area contributed by atoms with Crippen LogP contribution >= 0.6 is 22.6 Å². The molecule has 1 aromatic carbocycles. The minimum atomic E-state index is -3.28. The Morgan fingerprint density at radius 1 is 1.32 bits per heavy atom. The topological polar surface area (TPSA) is 17.1 Å². The van der Waals surface area contributed by atoms with Gasteiger partial charge in [-0.15, -0.1) is 0 Å². The molecule has 106 valence electrons. The average Bonchev–Trinajstić information content (AvgIpc) is 2.27. The van der Waals surface area contributed by atoms with Crippen molar-refractivity contribution in [3.05, 3.63) is 35.4 Å². The maximum absolute atomic E-state index is 14.1. The van der Waals surface area contributed by atoms with Crippen LogP contribution in [0.1, 0.15) is 22.3 Å². The van der Waals surface area contributed by atoms with E-state index in [4.69, 9.17) is 0 Å². The van der Waals surface area contributed by atoms with Crippen LogP contribution in [-0.2, 0) is 0 Å². The van der Waals surface area contributed by atoms with Crippen molar-refractivity contribution in [1.82, 2.24) is 0 Å². The second kappa shape index (κ2) is 5.99. The lowest BCUT2D eigenvalue weighted by atomic mass is 9.99. The summed E-state index contributed by atoms with van der Waals surface area (Å²) in [5.74, 6) is -4.33. The van der Waals surface area contributed by atoms with E-state index in [1.165, 1.54) is 6.07 Å². The van der Waals surface area contributed by atoms with Gasteiger partial charge in [-0.3, -0.25) is 4.79 Å². The summed E-state index contributed by atoms with van der Waals surface area (Å²) in [6.07, 6.45) is -0.365. The number of halogens is 3. The van der Waals surface area contributed by atoms with Crippen molar-refractivity contribution in [2.45, 2.75) is 42.5 Å². The summed E-state index contributed by atoms with van der Waals surface area (Å²) in [5, 5.41) is 0. The van der Waals surface area contributed by atoms with Crippen molar-refractivity contribution in [3.8, 4) is 0 Å². The number of benzene rings is 1. The van der Waals surface area contributed by atoms with Crippen LogP contribution < -0.4 is 0 Å². The van der Waals surface area contributed by atoms with Crippen LogP contribution in [0, 0.1) is 6.92 Å². The molecule has 0 bridgehead atoms. The number of rotatable bonds is 5. The number of carbonyl (C=O) groups is 1. The number of Topliss-reactive ketones (excluding diaryl/α,β-unsaturated/α-hetero) is 1. The van der Waals surface area contributed by atoms with Crippen LogP contribution in [-0.4, -0.2) is 23.3 Å². The molecule has 0 N–H and O–H groups in total. The van der Waals surface area contributed by atoms with Crippen LogP contribution in [0.5, 0.6) is 0 Å². The highest BCUT2D eigenvalue weighted by molar-refractivity contribution is 14.1. The van der Waals surface area contributed by atoms with E-state index < -0.39 is 19.8 Å². The highest BCUT2D eigenvalue weighted by atomic mass is 127. The molecule has 0 heterocycles. The van der Waals surface area contributed by atoms with Gasteiger partial charge in [0.2, 0.25) is 5.78 Å². The van der Waals surface area contributed by atoms with Crippen LogP contribution in [0.4, 0.5) is 8.78 Å². The predicted molar refractivity (Wildman–Crippen MR) is 86.2 cm³/mol. The van der Waals surface area contributed by atoms with Gasteiger partial charge in [-0.1, -0.05) is 66.5 Å². The zero-order valence-corrected chi connectivity index (χ0v) is 14.8. The van der Waals surface area contributed by atoms with Gasteiger partial charge in [-0.2, -0.15) is 8.78 Å². The number of carbonyl (C=O) groups excluding carboxylic acids is 1. The van der Waals surface area contributed by atoms with E-state index in [0.29, 0.717) is 5.56 Å². The third-order valence-corrected chi connectivity index (χ3v) is 11.2. The smallest absolute Gasteiger partial charge is 0.287 e. The number of hydrogen-bond donors (Lipinski definition) is 0. The van der Waals surface area contributed by atoms with Gasteiger partial charge >= 0.3 is 5.92 Å². The second-order valence-electron chi connectivity index (χ2n) is 5.89. The van der Waals surface area contributed by atoms with Gasteiger partial charge < -0.3 is 0 Å². The molecule has 1 aromatic rings. The molecule has 0 aliphatic rings. The summed E-state index contributed by atoms with van der Waals surface area (Å²) in [4.78, 5) is 12.0. The molecule has 1 nitrogen and oxygen atoms in total. The molecule has 1 rings (SSSR count). The van der Waals surface area contributed by atoms with E-state index >= 15 is 0 Å². The molecule has 0 amide bonds. The van der Waals surface area contributed by atoms with E-state index in [1.54, 1.807) is 25.1 Å². The van der Waals surface area contributed by atoms with Gasteiger partial charge in [0, 0.05) is 15.5 Å². The summed E-state index contributed by atoms with van der Waals surface area (Å²) in [7, 11) is -1.68. The first kappa shape index (κ1) is 16.8. The average molecular weight is 396 g/mol. The Labute approximate surface area is 127 Å². The fourth-order valence-electron chi connectivity index (χ4n) is 1.65. The Morgan fingerprint density at radius 3 is 2.32 bits per heavy atom. The van der Waals surface area contributed by atoms with E-state index in [1.807, 2.05) is 19.6 Å². The maximum Gasteiger partial charge on any atom is 0.310 e. The van der Waals surface area contributed by atoms with Gasteiger partial charge in [-0.05, 0) is 12.5 Å². The van der Waals surface area contributed by atoms with Crippen molar-refractivity contribution in [1.29, 1.82) is 0 Å². The Morgan fingerprint density at radius 2 is 1.84 bits per heavy atom. The molecule has 0 aliphatic heterocycles. The molecule has 5 heteroatoms. The van der Waals surface area contributed by atoms with Crippen LogP contribution in [0.3, 0.4) is 0 Å². The Bertz CT molecular complexity index is 469. The number of alkyl halides is 3. The van der Waals surface area contributed by atoms with Gasteiger partial charge in [0.1, 0.15) is 0 Å². The lowest BCUT2D eigenvalue weighted by Gasteiger charge is -2.27. The number of aryl methyl sites for hydroxylation is 1. The van der Waals surface area contributed by atoms with Gasteiger partial charge in [0.15, 0.2) is 0 Å². The summed E-state index contributed by atoms with van der Waals surface area (Å²) >= 11 is 2.06. The Hall–Kier alpha value is -0.303. The molecule has 1 atom stereocenters. The fourth-order valence-corrected chi connectivity index (χ4v) is 3.07. The molecular weight excluding hydrogens is 377 g/mol. The van der Waals surface area contributed by atoms with Gasteiger partial charge in [-0.25, -0.2) is 0 Å². The van der Waals surface area contributed by atoms with Crippen molar-refractivity contribution in [2.75, 3.05) is 0 Å². The van der Waals surface area contributed by atoms with Gasteiger partial charge in [0.25, 0.3) is 0 Å². The summed E-state index contributed by atoms with van der Waals surface area (Å²) in [6.45, 7) is 7.80. The lowest BCUT2D eigenvalue weighted by molar-refractivity contribution is 0.00756. The molecular formula is C14H19F2IOSi. The minimum Gasteiger partial charge on any atom is -0.287 e.